The normalized spacial score (nSPS) is 13.7. The molecule has 4 rings (SSSR count). The van der Waals surface area contributed by atoms with Gasteiger partial charge in [-0.25, -0.2) is 14.5 Å². The van der Waals surface area contributed by atoms with Crippen molar-refractivity contribution in [2.75, 3.05) is 11.9 Å². The van der Waals surface area contributed by atoms with E-state index in [1.165, 1.54) is 35.3 Å². The highest BCUT2D eigenvalue weighted by atomic mass is 19.4. The molecular weight excluding hydrogens is 401 g/mol. The van der Waals surface area contributed by atoms with Crippen LogP contribution in [0, 0.1) is 5.92 Å². The maximum Gasteiger partial charge on any atom is 0.573 e. The Bertz CT molecular complexity index is 1030. The molecule has 156 valence electrons. The van der Waals surface area contributed by atoms with Crippen molar-refractivity contribution in [1.29, 1.82) is 0 Å². The smallest absolute Gasteiger partial charge is 0.449 e. The summed E-state index contributed by atoms with van der Waals surface area (Å²) in [5.74, 6) is 0.545. The molecule has 1 amide bonds. The van der Waals surface area contributed by atoms with Crippen molar-refractivity contribution in [1.82, 2.24) is 14.8 Å². The van der Waals surface area contributed by atoms with Crippen LogP contribution in [0.3, 0.4) is 0 Å². The lowest BCUT2D eigenvalue weighted by molar-refractivity contribution is -0.274. The lowest BCUT2D eigenvalue weighted by atomic mass is 10.2. The Morgan fingerprint density at radius 1 is 1.17 bits per heavy atom. The summed E-state index contributed by atoms with van der Waals surface area (Å²) in [6.07, 6.45) is -1.63. The van der Waals surface area contributed by atoms with E-state index in [-0.39, 0.29) is 5.75 Å². The number of aromatic nitrogens is 3. The highest BCUT2D eigenvalue weighted by Gasteiger charge is 2.31. The van der Waals surface area contributed by atoms with Crippen molar-refractivity contribution in [3.05, 3.63) is 54.9 Å². The minimum absolute atomic E-state index is 0.320. The van der Waals surface area contributed by atoms with Crippen LogP contribution in [-0.2, 0) is 4.74 Å². The zero-order valence-corrected chi connectivity index (χ0v) is 15.6. The molecule has 0 unspecified atom stereocenters. The van der Waals surface area contributed by atoms with Crippen LogP contribution in [-0.4, -0.2) is 33.8 Å². The van der Waals surface area contributed by atoms with Crippen molar-refractivity contribution in [2.24, 2.45) is 5.92 Å². The van der Waals surface area contributed by atoms with Crippen LogP contribution in [0.1, 0.15) is 12.8 Å². The number of carbonyl (C=O) groups excluding carboxylic acids is 1. The minimum Gasteiger partial charge on any atom is -0.449 e. The molecule has 1 heterocycles. The number of nitrogens with zero attached hydrogens (tertiary/aromatic N) is 3. The molecule has 7 nitrogen and oxygen atoms in total. The molecule has 1 aliphatic carbocycles. The SMILES string of the molecule is O=C(Nc1cccc(-c2ncn(-c3ccc(OC(F)(F)F)cc3)n2)c1)OCC1CC1. The summed E-state index contributed by atoms with van der Waals surface area (Å²) < 4.78 is 47.2. The quantitative estimate of drug-likeness (QED) is 0.623. The number of halogens is 3. The third-order valence-corrected chi connectivity index (χ3v) is 4.34. The van der Waals surface area contributed by atoms with Crippen LogP contribution in [0.4, 0.5) is 23.7 Å². The topological polar surface area (TPSA) is 78.3 Å². The molecule has 1 aromatic heterocycles. The first-order valence-corrected chi connectivity index (χ1v) is 9.18. The minimum atomic E-state index is -4.74. The third-order valence-electron chi connectivity index (χ3n) is 4.34. The van der Waals surface area contributed by atoms with Gasteiger partial charge in [0.2, 0.25) is 0 Å². The predicted molar refractivity (Wildman–Crippen MR) is 101 cm³/mol. The molecule has 0 saturated heterocycles. The van der Waals surface area contributed by atoms with Crippen molar-refractivity contribution in [2.45, 2.75) is 19.2 Å². The molecule has 0 aliphatic heterocycles. The first-order valence-electron chi connectivity index (χ1n) is 9.18. The van der Waals surface area contributed by atoms with Gasteiger partial charge in [-0.2, -0.15) is 0 Å². The van der Waals surface area contributed by atoms with Crippen LogP contribution in [0.5, 0.6) is 5.75 Å². The van der Waals surface area contributed by atoms with Gasteiger partial charge in [0, 0.05) is 11.3 Å². The van der Waals surface area contributed by atoms with Crippen molar-refractivity contribution < 1.29 is 27.4 Å². The molecule has 30 heavy (non-hydrogen) atoms. The largest absolute Gasteiger partial charge is 0.573 e. The standard InChI is InChI=1S/C20H17F3N4O3/c21-20(22,23)30-17-8-6-16(7-9-17)27-12-24-18(26-27)14-2-1-3-15(10-14)25-19(28)29-11-13-4-5-13/h1-3,6-10,12-13H,4-5,11H2,(H,25,28). The third kappa shape index (κ3) is 5.28. The molecule has 0 radical (unpaired) electrons. The fourth-order valence-corrected chi connectivity index (χ4v) is 2.69. The van der Waals surface area contributed by atoms with Crippen LogP contribution in [0.2, 0.25) is 0 Å². The molecule has 10 heteroatoms. The van der Waals surface area contributed by atoms with E-state index in [0.717, 1.165) is 12.8 Å². The van der Waals surface area contributed by atoms with Crippen LogP contribution in [0.15, 0.2) is 54.9 Å². The predicted octanol–water partition coefficient (Wildman–Crippen LogP) is 4.79. The molecule has 1 aliphatic rings. The number of anilines is 1. The number of ether oxygens (including phenoxy) is 2. The van der Waals surface area contributed by atoms with Crippen molar-refractivity contribution in [3.8, 4) is 22.8 Å². The summed E-state index contributed by atoms with van der Waals surface area (Å²) in [5.41, 5.74) is 1.71. The van der Waals surface area contributed by atoms with Crippen LogP contribution < -0.4 is 10.1 Å². The second-order valence-corrected chi connectivity index (χ2v) is 6.80. The summed E-state index contributed by atoms with van der Waals surface area (Å²) in [5, 5.41) is 7.01. The second-order valence-electron chi connectivity index (χ2n) is 6.80. The zero-order chi connectivity index (χ0) is 21.1. The summed E-state index contributed by atoms with van der Waals surface area (Å²) in [6.45, 7) is 0.421. The van der Waals surface area contributed by atoms with Gasteiger partial charge in [0.05, 0.1) is 12.3 Å². The van der Waals surface area contributed by atoms with Gasteiger partial charge in [-0.1, -0.05) is 12.1 Å². The molecule has 0 spiro atoms. The van der Waals surface area contributed by atoms with E-state index in [1.54, 1.807) is 24.3 Å². The maximum atomic E-state index is 12.3. The number of benzene rings is 2. The Labute approximate surface area is 169 Å². The maximum absolute atomic E-state index is 12.3. The fourth-order valence-electron chi connectivity index (χ4n) is 2.69. The molecule has 0 bridgehead atoms. The van der Waals surface area contributed by atoms with Crippen molar-refractivity contribution >= 4 is 11.8 Å². The number of rotatable bonds is 6. The van der Waals surface area contributed by atoms with Crippen molar-refractivity contribution in [3.63, 3.8) is 0 Å². The van der Waals surface area contributed by atoms with E-state index in [0.29, 0.717) is 35.3 Å². The Morgan fingerprint density at radius 2 is 1.93 bits per heavy atom. The molecule has 1 fully saturated rings. The highest BCUT2D eigenvalue weighted by Crippen LogP contribution is 2.29. The van der Waals surface area contributed by atoms with E-state index in [1.807, 2.05) is 0 Å². The fraction of sp³-hybridized carbons (Fsp3) is 0.250. The van der Waals surface area contributed by atoms with E-state index in [9.17, 15) is 18.0 Å². The van der Waals surface area contributed by atoms with Gasteiger partial charge in [0.1, 0.15) is 12.1 Å². The van der Waals surface area contributed by atoms with E-state index in [2.05, 4.69) is 20.1 Å². The average molecular weight is 418 g/mol. The Hall–Kier alpha value is -3.56. The van der Waals surface area contributed by atoms with Gasteiger partial charge in [0.25, 0.3) is 0 Å². The number of nitrogens with one attached hydrogen (secondary N) is 1. The first-order chi connectivity index (χ1) is 14.4. The lowest BCUT2D eigenvalue weighted by Gasteiger charge is -2.09. The van der Waals surface area contributed by atoms with Gasteiger partial charge in [-0.3, -0.25) is 5.32 Å². The number of amides is 1. The van der Waals surface area contributed by atoms with E-state index in [4.69, 9.17) is 4.74 Å². The molecule has 2 aromatic carbocycles. The Balaban J connectivity index is 1.43. The monoisotopic (exact) mass is 418 g/mol. The molecule has 1 N–H and O–H groups in total. The summed E-state index contributed by atoms with van der Waals surface area (Å²) in [4.78, 5) is 16.1. The molecule has 0 atom stereocenters. The van der Waals surface area contributed by atoms with Gasteiger partial charge < -0.3 is 9.47 Å². The lowest BCUT2D eigenvalue weighted by Crippen LogP contribution is -2.17. The van der Waals surface area contributed by atoms with E-state index >= 15 is 0 Å². The van der Waals surface area contributed by atoms with Gasteiger partial charge in [0.15, 0.2) is 5.82 Å². The van der Waals surface area contributed by atoms with Crippen LogP contribution >= 0.6 is 0 Å². The number of hydrogen-bond donors (Lipinski definition) is 1. The van der Waals surface area contributed by atoms with Gasteiger partial charge >= 0.3 is 12.5 Å². The van der Waals surface area contributed by atoms with E-state index < -0.39 is 12.5 Å². The number of hydrogen-bond acceptors (Lipinski definition) is 5. The second kappa shape index (κ2) is 8.05. The van der Waals surface area contributed by atoms with Crippen LogP contribution in [0.25, 0.3) is 17.1 Å². The summed E-state index contributed by atoms with van der Waals surface area (Å²) >= 11 is 0. The highest BCUT2D eigenvalue weighted by molar-refractivity contribution is 5.85. The molecular formula is C20H17F3N4O3. The van der Waals surface area contributed by atoms with Gasteiger partial charge in [-0.15, -0.1) is 18.3 Å². The average Bonchev–Trinajstić information content (AvgIpc) is 3.40. The molecule has 3 aromatic rings. The Kier molecular flexibility index (Phi) is 5.30. The number of carbonyl (C=O) groups is 1. The van der Waals surface area contributed by atoms with Gasteiger partial charge in [-0.05, 0) is 55.2 Å². The molecule has 1 saturated carbocycles. The first kappa shape index (κ1) is 19.7. The zero-order valence-electron chi connectivity index (χ0n) is 15.6. The summed E-state index contributed by atoms with van der Waals surface area (Å²) in [7, 11) is 0. The number of alkyl halides is 3. The summed E-state index contributed by atoms with van der Waals surface area (Å²) in [6, 6.07) is 12.2. The Morgan fingerprint density at radius 3 is 2.63 bits per heavy atom.